The van der Waals surface area contributed by atoms with Crippen LogP contribution in [0.2, 0.25) is 0 Å². The van der Waals surface area contributed by atoms with Crippen LogP contribution in [0.4, 0.5) is 0 Å². The lowest BCUT2D eigenvalue weighted by Gasteiger charge is -2.11. The second-order valence-electron chi connectivity index (χ2n) is 4.07. The van der Waals surface area contributed by atoms with Crippen LogP contribution in [0.15, 0.2) is 24.3 Å². The largest absolute Gasteiger partial charge is 0.480 e. The first-order chi connectivity index (χ1) is 8.54. The van der Waals surface area contributed by atoms with Crippen molar-refractivity contribution < 1.29 is 19.8 Å². The van der Waals surface area contributed by atoms with E-state index in [0.29, 0.717) is 6.42 Å². The SMILES string of the molecule is Cc1ccccc1CCC(=O)N[C@H](CO)C(=O)O. The molecule has 0 spiro atoms. The number of benzene rings is 1. The highest BCUT2D eigenvalue weighted by molar-refractivity contribution is 5.83. The van der Waals surface area contributed by atoms with Gasteiger partial charge in [0.15, 0.2) is 0 Å². The van der Waals surface area contributed by atoms with Gasteiger partial charge in [-0.25, -0.2) is 4.79 Å². The second-order valence-corrected chi connectivity index (χ2v) is 4.07. The minimum Gasteiger partial charge on any atom is -0.480 e. The molecule has 0 aliphatic heterocycles. The monoisotopic (exact) mass is 251 g/mol. The summed E-state index contributed by atoms with van der Waals surface area (Å²) in [5.41, 5.74) is 2.16. The fourth-order valence-electron chi connectivity index (χ4n) is 1.59. The van der Waals surface area contributed by atoms with E-state index in [-0.39, 0.29) is 12.3 Å². The van der Waals surface area contributed by atoms with Gasteiger partial charge < -0.3 is 15.5 Å². The van der Waals surface area contributed by atoms with Gasteiger partial charge in [-0.15, -0.1) is 0 Å². The molecule has 1 rings (SSSR count). The maximum atomic E-state index is 11.5. The van der Waals surface area contributed by atoms with E-state index in [0.717, 1.165) is 11.1 Å². The Balaban J connectivity index is 2.47. The topological polar surface area (TPSA) is 86.6 Å². The van der Waals surface area contributed by atoms with Crippen LogP contribution in [0, 0.1) is 6.92 Å². The van der Waals surface area contributed by atoms with Crippen molar-refractivity contribution in [1.29, 1.82) is 0 Å². The summed E-state index contributed by atoms with van der Waals surface area (Å²) < 4.78 is 0. The van der Waals surface area contributed by atoms with Crippen molar-refractivity contribution >= 4 is 11.9 Å². The van der Waals surface area contributed by atoms with Crippen molar-refractivity contribution in [1.82, 2.24) is 5.32 Å². The normalized spacial score (nSPS) is 11.9. The summed E-state index contributed by atoms with van der Waals surface area (Å²) in [6, 6.07) is 6.48. The Morgan fingerprint density at radius 1 is 1.33 bits per heavy atom. The fourth-order valence-corrected chi connectivity index (χ4v) is 1.59. The number of carboxylic acids is 1. The maximum Gasteiger partial charge on any atom is 0.328 e. The van der Waals surface area contributed by atoms with Crippen molar-refractivity contribution in [2.75, 3.05) is 6.61 Å². The maximum absolute atomic E-state index is 11.5. The number of carbonyl (C=O) groups is 2. The van der Waals surface area contributed by atoms with E-state index in [1.54, 1.807) is 0 Å². The summed E-state index contributed by atoms with van der Waals surface area (Å²) in [6.07, 6.45) is 0.755. The lowest BCUT2D eigenvalue weighted by molar-refractivity contribution is -0.142. The minimum atomic E-state index is -1.23. The van der Waals surface area contributed by atoms with E-state index in [9.17, 15) is 9.59 Å². The Hall–Kier alpha value is -1.88. The highest BCUT2D eigenvalue weighted by atomic mass is 16.4. The average Bonchev–Trinajstić information content (AvgIpc) is 2.34. The summed E-state index contributed by atoms with van der Waals surface area (Å²) in [6.45, 7) is 1.35. The number of carbonyl (C=O) groups excluding carboxylic acids is 1. The van der Waals surface area contributed by atoms with E-state index in [2.05, 4.69) is 5.32 Å². The predicted octanol–water partition coefficient (Wildman–Crippen LogP) is 0.489. The van der Waals surface area contributed by atoms with Gasteiger partial charge in [-0.05, 0) is 24.5 Å². The molecule has 0 aliphatic rings. The molecule has 0 aromatic heterocycles. The van der Waals surface area contributed by atoms with Crippen LogP contribution in [-0.2, 0) is 16.0 Å². The molecule has 3 N–H and O–H groups in total. The molecule has 5 nitrogen and oxygen atoms in total. The Bertz CT molecular complexity index is 431. The van der Waals surface area contributed by atoms with E-state index < -0.39 is 18.6 Å². The number of nitrogens with one attached hydrogen (secondary N) is 1. The zero-order valence-electron chi connectivity index (χ0n) is 10.2. The quantitative estimate of drug-likeness (QED) is 0.686. The highest BCUT2D eigenvalue weighted by Crippen LogP contribution is 2.09. The van der Waals surface area contributed by atoms with Gasteiger partial charge in [0.2, 0.25) is 5.91 Å². The molecular formula is C13H17NO4. The summed E-state index contributed by atoms with van der Waals surface area (Å²) in [7, 11) is 0. The molecule has 5 heteroatoms. The van der Waals surface area contributed by atoms with Gasteiger partial charge in [0.1, 0.15) is 6.04 Å². The molecule has 0 radical (unpaired) electrons. The minimum absolute atomic E-state index is 0.203. The molecule has 0 saturated carbocycles. The molecule has 1 aromatic rings. The van der Waals surface area contributed by atoms with Crippen LogP contribution in [0.1, 0.15) is 17.5 Å². The molecule has 0 saturated heterocycles. The van der Waals surface area contributed by atoms with E-state index in [1.165, 1.54) is 0 Å². The Kier molecular flexibility index (Phi) is 5.32. The number of hydrogen-bond acceptors (Lipinski definition) is 3. The fraction of sp³-hybridized carbons (Fsp3) is 0.385. The smallest absolute Gasteiger partial charge is 0.328 e. The van der Waals surface area contributed by atoms with Gasteiger partial charge in [0.25, 0.3) is 0 Å². The number of aliphatic carboxylic acids is 1. The molecule has 0 bridgehead atoms. The lowest BCUT2D eigenvalue weighted by atomic mass is 10.0. The molecule has 0 aliphatic carbocycles. The van der Waals surface area contributed by atoms with Gasteiger partial charge >= 0.3 is 5.97 Å². The van der Waals surface area contributed by atoms with Crippen LogP contribution in [0.3, 0.4) is 0 Å². The third-order valence-corrected chi connectivity index (χ3v) is 2.70. The molecular weight excluding hydrogens is 234 g/mol. The third kappa shape index (κ3) is 4.18. The van der Waals surface area contributed by atoms with Crippen molar-refractivity contribution in [3.8, 4) is 0 Å². The van der Waals surface area contributed by atoms with E-state index >= 15 is 0 Å². The summed E-state index contributed by atoms with van der Waals surface area (Å²) in [5, 5.41) is 19.7. The molecule has 1 amide bonds. The number of aliphatic hydroxyl groups is 1. The van der Waals surface area contributed by atoms with Crippen molar-refractivity contribution in [3.05, 3.63) is 35.4 Å². The van der Waals surface area contributed by atoms with E-state index in [1.807, 2.05) is 31.2 Å². The van der Waals surface area contributed by atoms with Crippen LogP contribution >= 0.6 is 0 Å². The average molecular weight is 251 g/mol. The number of rotatable bonds is 6. The molecule has 98 valence electrons. The molecule has 0 fully saturated rings. The number of aliphatic hydroxyl groups excluding tert-OH is 1. The zero-order chi connectivity index (χ0) is 13.5. The molecule has 1 atom stereocenters. The van der Waals surface area contributed by atoms with Gasteiger partial charge in [0.05, 0.1) is 6.61 Å². The number of carboxylic acid groups (broad SMARTS) is 1. The standard InChI is InChI=1S/C13H17NO4/c1-9-4-2-3-5-10(9)6-7-12(16)14-11(8-15)13(17)18/h2-5,11,15H,6-8H2,1H3,(H,14,16)(H,17,18)/t11-/m1/s1. The summed E-state index contributed by atoms with van der Waals surface area (Å²) in [5.74, 6) is -1.61. The summed E-state index contributed by atoms with van der Waals surface area (Å²) >= 11 is 0. The number of amides is 1. The van der Waals surface area contributed by atoms with Crippen molar-refractivity contribution in [2.45, 2.75) is 25.8 Å². The number of aryl methyl sites for hydroxylation is 2. The first kappa shape index (κ1) is 14.2. The zero-order valence-corrected chi connectivity index (χ0v) is 10.2. The molecule has 0 unspecified atom stereocenters. The lowest BCUT2D eigenvalue weighted by Crippen LogP contribution is -2.43. The van der Waals surface area contributed by atoms with Crippen LogP contribution < -0.4 is 5.32 Å². The van der Waals surface area contributed by atoms with Gasteiger partial charge in [-0.3, -0.25) is 4.79 Å². The Morgan fingerprint density at radius 2 is 2.00 bits per heavy atom. The van der Waals surface area contributed by atoms with E-state index in [4.69, 9.17) is 10.2 Å². The van der Waals surface area contributed by atoms with Crippen LogP contribution in [0.5, 0.6) is 0 Å². The first-order valence-corrected chi connectivity index (χ1v) is 5.72. The van der Waals surface area contributed by atoms with Crippen LogP contribution in [-0.4, -0.2) is 34.7 Å². The van der Waals surface area contributed by atoms with Crippen molar-refractivity contribution in [3.63, 3.8) is 0 Å². The molecule has 0 heterocycles. The van der Waals surface area contributed by atoms with Crippen LogP contribution in [0.25, 0.3) is 0 Å². The first-order valence-electron chi connectivity index (χ1n) is 5.72. The molecule has 18 heavy (non-hydrogen) atoms. The Labute approximate surface area is 105 Å². The summed E-state index contributed by atoms with van der Waals surface area (Å²) in [4.78, 5) is 22.1. The van der Waals surface area contributed by atoms with Gasteiger partial charge in [0, 0.05) is 6.42 Å². The van der Waals surface area contributed by atoms with Gasteiger partial charge in [-0.2, -0.15) is 0 Å². The van der Waals surface area contributed by atoms with Gasteiger partial charge in [-0.1, -0.05) is 24.3 Å². The highest BCUT2D eigenvalue weighted by Gasteiger charge is 2.18. The predicted molar refractivity (Wildman–Crippen MR) is 66.2 cm³/mol. The third-order valence-electron chi connectivity index (χ3n) is 2.70. The Morgan fingerprint density at radius 3 is 2.56 bits per heavy atom. The number of hydrogen-bond donors (Lipinski definition) is 3. The molecule has 1 aromatic carbocycles. The second kappa shape index (κ2) is 6.76. The van der Waals surface area contributed by atoms with Crippen molar-refractivity contribution in [2.24, 2.45) is 0 Å².